The van der Waals surface area contributed by atoms with Crippen LogP contribution in [-0.4, -0.2) is 23.9 Å². The third kappa shape index (κ3) is 4.92. The number of aliphatic hydroxyl groups is 1. The highest BCUT2D eigenvalue weighted by Gasteiger charge is 2.16. The molecule has 1 atom stereocenters. The smallest absolute Gasteiger partial charge is 0.130 e. The molecule has 0 heterocycles. The summed E-state index contributed by atoms with van der Waals surface area (Å²) in [6, 6.07) is 0.448. The molecule has 0 radical (unpaired) electrons. The minimum Gasteiger partial charge on any atom is -0.374 e. The first-order chi connectivity index (χ1) is 7.74. The highest BCUT2D eigenvalue weighted by Crippen LogP contribution is 2.18. The Bertz CT molecular complexity index is 232. The molecule has 1 unspecified atom stereocenters. The number of aliphatic hydroxyl groups excluding tert-OH is 1. The van der Waals surface area contributed by atoms with Crippen molar-refractivity contribution in [3.05, 3.63) is 24.3 Å². The summed E-state index contributed by atoms with van der Waals surface area (Å²) in [6.07, 6.45) is 10.2. The molecule has 0 aliphatic heterocycles. The molecule has 1 saturated carbocycles. The van der Waals surface area contributed by atoms with E-state index in [4.69, 9.17) is 5.73 Å². The summed E-state index contributed by atoms with van der Waals surface area (Å²) >= 11 is 0. The van der Waals surface area contributed by atoms with Gasteiger partial charge in [-0.05, 0) is 31.4 Å². The summed E-state index contributed by atoms with van der Waals surface area (Å²) in [5.41, 5.74) is 6.10. The second-order valence-electron chi connectivity index (χ2n) is 4.46. The number of nitrogens with two attached hydrogens (primary N) is 1. The summed E-state index contributed by atoms with van der Waals surface area (Å²) in [5.74, 6) is 0. The van der Waals surface area contributed by atoms with E-state index in [0.29, 0.717) is 12.6 Å². The van der Waals surface area contributed by atoms with Crippen LogP contribution in [0.4, 0.5) is 0 Å². The monoisotopic (exact) mass is 224 g/mol. The van der Waals surface area contributed by atoms with E-state index in [2.05, 4.69) is 11.9 Å². The summed E-state index contributed by atoms with van der Waals surface area (Å²) in [4.78, 5) is 0. The van der Waals surface area contributed by atoms with Gasteiger partial charge in [-0.1, -0.05) is 38.0 Å². The molecule has 16 heavy (non-hydrogen) atoms. The molecule has 1 rings (SSSR count). The lowest BCUT2D eigenvalue weighted by Crippen LogP contribution is -2.40. The largest absolute Gasteiger partial charge is 0.374 e. The van der Waals surface area contributed by atoms with Gasteiger partial charge in [0, 0.05) is 6.04 Å². The highest BCUT2D eigenvalue weighted by molar-refractivity contribution is 5.18. The molecule has 0 aromatic carbocycles. The normalized spacial score (nSPS) is 20.1. The number of hydrogen-bond donors (Lipinski definition) is 3. The van der Waals surface area contributed by atoms with Crippen molar-refractivity contribution in [3.8, 4) is 0 Å². The lowest BCUT2D eigenvalue weighted by molar-refractivity contribution is 0.148. The lowest BCUT2D eigenvalue weighted by Gasteiger charge is -2.26. The van der Waals surface area contributed by atoms with Gasteiger partial charge in [0.25, 0.3) is 0 Å². The van der Waals surface area contributed by atoms with Gasteiger partial charge in [0.15, 0.2) is 0 Å². The number of hydrogen-bond acceptors (Lipinski definition) is 3. The summed E-state index contributed by atoms with van der Waals surface area (Å²) < 4.78 is 0. The fraction of sp³-hybridized carbons (Fsp3) is 0.692. The van der Waals surface area contributed by atoms with E-state index in [1.165, 1.54) is 19.3 Å². The second-order valence-corrected chi connectivity index (χ2v) is 4.46. The molecule has 3 heteroatoms. The maximum Gasteiger partial charge on any atom is 0.130 e. The van der Waals surface area contributed by atoms with Gasteiger partial charge in [-0.2, -0.15) is 0 Å². The van der Waals surface area contributed by atoms with Gasteiger partial charge < -0.3 is 10.8 Å². The van der Waals surface area contributed by atoms with Gasteiger partial charge in [0.2, 0.25) is 0 Å². The lowest BCUT2D eigenvalue weighted by atomic mass is 9.95. The zero-order chi connectivity index (χ0) is 11.8. The van der Waals surface area contributed by atoms with Gasteiger partial charge in [0.05, 0.1) is 0 Å². The van der Waals surface area contributed by atoms with Crippen molar-refractivity contribution in [2.75, 3.05) is 6.54 Å². The van der Waals surface area contributed by atoms with Crippen LogP contribution in [0.2, 0.25) is 0 Å². The van der Waals surface area contributed by atoms with Crippen LogP contribution in [0.5, 0.6) is 0 Å². The van der Waals surface area contributed by atoms with Crippen molar-refractivity contribution in [3.63, 3.8) is 0 Å². The molecule has 92 valence electrons. The van der Waals surface area contributed by atoms with E-state index in [9.17, 15) is 5.11 Å². The molecule has 0 bridgehead atoms. The third-order valence-corrected chi connectivity index (χ3v) is 3.02. The van der Waals surface area contributed by atoms with Crippen molar-refractivity contribution in [1.29, 1.82) is 0 Å². The van der Waals surface area contributed by atoms with Crippen LogP contribution in [-0.2, 0) is 0 Å². The van der Waals surface area contributed by atoms with E-state index in [1.807, 2.05) is 12.2 Å². The minimum atomic E-state index is -0.614. The van der Waals surface area contributed by atoms with Crippen molar-refractivity contribution >= 4 is 0 Å². The molecule has 3 nitrogen and oxygen atoms in total. The van der Waals surface area contributed by atoms with Crippen LogP contribution in [0, 0.1) is 0 Å². The topological polar surface area (TPSA) is 58.3 Å². The molecular weight excluding hydrogens is 200 g/mol. The maximum absolute atomic E-state index is 9.88. The molecule has 1 aliphatic carbocycles. The van der Waals surface area contributed by atoms with Crippen molar-refractivity contribution in [1.82, 2.24) is 5.32 Å². The van der Waals surface area contributed by atoms with Gasteiger partial charge in [-0.15, -0.1) is 0 Å². The molecule has 0 aromatic rings. The first kappa shape index (κ1) is 13.4. The van der Waals surface area contributed by atoms with Gasteiger partial charge >= 0.3 is 0 Å². The Hall–Kier alpha value is -0.640. The quantitative estimate of drug-likeness (QED) is 0.475. The van der Waals surface area contributed by atoms with Crippen molar-refractivity contribution in [2.24, 2.45) is 5.73 Å². The summed E-state index contributed by atoms with van der Waals surface area (Å²) in [7, 11) is 0. The molecule has 0 aromatic heterocycles. The minimum absolute atomic E-state index is 0.448. The average Bonchev–Trinajstić information content (AvgIpc) is 2.30. The summed E-state index contributed by atoms with van der Waals surface area (Å²) in [6.45, 7) is 4.49. The second kappa shape index (κ2) is 7.60. The van der Waals surface area contributed by atoms with Crippen LogP contribution < -0.4 is 11.1 Å². The molecule has 0 saturated heterocycles. The van der Waals surface area contributed by atoms with E-state index >= 15 is 0 Å². The zero-order valence-corrected chi connectivity index (χ0v) is 9.99. The maximum atomic E-state index is 9.88. The van der Waals surface area contributed by atoms with Gasteiger partial charge in [-0.25, -0.2) is 0 Å². The van der Waals surface area contributed by atoms with Gasteiger partial charge in [0.1, 0.15) is 6.23 Å². The van der Waals surface area contributed by atoms with Gasteiger partial charge in [-0.3, -0.25) is 5.32 Å². The third-order valence-electron chi connectivity index (χ3n) is 3.02. The van der Waals surface area contributed by atoms with Crippen molar-refractivity contribution < 1.29 is 5.11 Å². The predicted molar refractivity (Wildman–Crippen MR) is 68.0 cm³/mol. The molecule has 1 fully saturated rings. The fourth-order valence-electron chi connectivity index (χ4n) is 2.02. The Morgan fingerprint density at radius 3 is 2.75 bits per heavy atom. The van der Waals surface area contributed by atoms with Crippen LogP contribution in [0.1, 0.15) is 38.5 Å². The molecule has 0 amide bonds. The Labute approximate surface area is 98.4 Å². The standard InChI is InChI=1S/C13H24N2O/c1-11(7-5-6-10-14)13(16)15-12-8-3-2-4-9-12/h5,7,12-13,15-16H,1-4,6,8-10,14H2/b7-5-. The Kier molecular flexibility index (Phi) is 6.38. The Balaban J connectivity index is 2.27. The molecule has 1 aliphatic rings. The van der Waals surface area contributed by atoms with Crippen LogP contribution in [0.15, 0.2) is 24.3 Å². The molecule has 0 spiro atoms. The first-order valence-corrected chi connectivity index (χ1v) is 6.23. The molecular formula is C13H24N2O. The fourth-order valence-corrected chi connectivity index (χ4v) is 2.02. The van der Waals surface area contributed by atoms with E-state index in [1.54, 1.807) is 0 Å². The van der Waals surface area contributed by atoms with E-state index < -0.39 is 6.23 Å². The molecule has 4 N–H and O–H groups in total. The average molecular weight is 224 g/mol. The SMILES string of the molecule is C=C(/C=C\CCN)C(O)NC1CCCCC1. The Morgan fingerprint density at radius 1 is 1.44 bits per heavy atom. The number of nitrogens with one attached hydrogen (secondary N) is 1. The highest BCUT2D eigenvalue weighted by atomic mass is 16.3. The zero-order valence-electron chi connectivity index (χ0n) is 9.99. The number of rotatable bonds is 6. The first-order valence-electron chi connectivity index (χ1n) is 6.23. The van der Waals surface area contributed by atoms with Crippen LogP contribution >= 0.6 is 0 Å². The summed E-state index contributed by atoms with van der Waals surface area (Å²) in [5, 5.41) is 13.1. The van der Waals surface area contributed by atoms with Crippen LogP contribution in [0.25, 0.3) is 0 Å². The Morgan fingerprint density at radius 2 is 2.12 bits per heavy atom. The predicted octanol–water partition coefficient (Wildman–Crippen LogP) is 1.69. The van der Waals surface area contributed by atoms with E-state index in [0.717, 1.165) is 24.8 Å². The van der Waals surface area contributed by atoms with E-state index in [-0.39, 0.29) is 0 Å². The van der Waals surface area contributed by atoms with Crippen LogP contribution in [0.3, 0.4) is 0 Å². The van der Waals surface area contributed by atoms with Crippen molar-refractivity contribution in [2.45, 2.75) is 50.8 Å².